The summed E-state index contributed by atoms with van der Waals surface area (Å²) in [5.74, 6) is -0.243. The van der Waals surface area contributed by atoms with Gasteiger partial charge in [0, 0.05) is 11.8 Å². The van der Waals surface area contributed by atoms with Crippen molar-refractivity contribution in [2.24, 2.45) is 5.10 Å². The Balaban J connectivity index is 1.25. The van der Waals surface area contributed by atoms with E-state index in [-0.39, 0.29) is 12.5 Å². The number of aromatic nitrogens is 3. The zero-order valence-electron chi connectivity index (χ0n) is 14.9. The Morgan fingerprint density at radius 1 is 1.14 bits per heavy atom. The molecule has 4 rings (SSSR count). The minimum Gasteiger partial charge on any atom is -0.352 e. The number of amides is 1. The number of rotatable bonds is 7. The van der Waals surface area contributed by atoms with Gasteiger partial charge >= 0.3 is 0 Å². The van der Waals surface area contributed by atoms with Crippen molar-refractivity contribution in [1.82, 2.24) is 20.2 Å². The summed E-state index contributed by atoms with van der Waals surface area (Å²) >= 11 is 1.51. The number of anilines is 1. The van der Waals surface area contributed by atoms with E-state index in [0.29, 0.717) is 11.7 Å². The van der Waals surface area contributed by atoms with Crippen LogP contribution in [0.5, 0.6) is 0 Å². The van der Waals surface area contributed by atoms with E-state index in [0.717, 1.165) is 15.8 Å². The fourth-order valence-corrected chi connectivity index (χ4v) is 3.49. The third-order valence-electron chi connectivity index (χ3n) is 3.94. The van der Waals surface area contributed by atoms with E-state index in [9.17, 15) is 4.79 Å². The van der Waals surface area contributed by atoms with Crippen molar-refractivity contribution in [2.75, 3.05) is 11.9 Å². The normalized spacial score (nSPS) is 11.1. The number of para-hydroxylation sites is 1. The maximum absolute atomic E-state index is 11.9. The van der Waals surface area contributed by atoms with Crippen molar-refractivity contribution < 1.29 is 4.79 Å². The molecule has 0 aliphatic carbocycles. The van der Waals surface area contributed by atoms with Gasteiger partial charge in [-0.05, 0) is 17.7 Å². The van der Waals surface area contributed by atoms with Crippen molar-refractivity contribution in [3.63, 3.8) is 0 Å². The summed E-state index contributed by atoms with van der Waals surface area (Å²) in [7, 11) is 0. The monoisotopic (exact) mass is 390 g/mol. The highest BCUT2D eigenvalue weighted by molar-refractivity contribution is 7.22. The molecule has 28 heavy (non-hydrogen) atoms. The minimum atomic E-state index is -0.243. The van der Waals surface area contributed by atoms with Gasteiger partial charge in [0.25, 0.3) is 5.91 Å². The Morgan fingerprint density at radius 3 is 2.82 bits per heavy atom. The summed E-state index contributed by atoms with van der Waals surface area (Å²) in [6.07, 6.45) is 5.16. The van der Waals surface area contributed by atoms with E-state index in [1.54, 1.807) is 12.4 Å². The second-order valence-electron chi connectivity index (χ2n) is 6.09. The average molecular weight is 390 g/mol. The fraction of sp³-hybridized carbons (Fsp3) is 0.100. The van der Waals surface area contributed by atoms with Gasteiger partial charge in [-0.2, -0.15) is 10.2 Å². The summed E-state index contributed by atoms with van der Waals surface area (Å²) in [5, 5.41) is 12.0. The van der Waals surface area contributed by atoms with Gasteiger partial charge in [-0.15, -0.1) is 0 Å². The Morgan fingerprint density at radius 2 is 1.96 bits per heavy atom. The van der Waals surface area contributed by atoms with Gasteiger partial charge in [-0.3, -0.25) is 9.48 Å². The van der Waals surface area contributed by atoms with Gasteiger partial charge in [0.1, 0.15) is 0 Å². The number of fused-ring (bicyclic) bond motifs is 1. The second-order valence-corrected chi connectivity index (χ2v) is 7.12. The third-order valence-corrected chi connectivity index (χ3v) is 4.93. The molecule has 2 aromatic heterocycles. The number of hydrazone groups is 1. The van der Waals surface area contributed by atoms with Gasteiger partial charge in [-0.1, -0.05) is 53.8 Å². The van der Waals surface area contributed by atoms with E-state index < -0.39 is 0 Å². The van der Waals surface area contributed by atoms with Crippen LogP contribution in [-0.2, 0) is 11.3 Å². The first-order chi connectivity index (χ1) is 13.8. The van der Waals surface area contributed by atoms with Gasteiger partial charge in [0.15, 0.2) is 5.13 Å². The van der Waals surface area contributed by atoms with E-state index in [2.05, 4.69) is 25.9 Å². The standard InChI is InChI=1S/C20H18N6OS/c27-19(12-21-20-24-17-8-4-5-9-18(17)28-20)25-22-10-16-11-23-26(14-16)13-15-6-2-1-3-7-15/h1-11,14H,12-13H2,(H,21,24)(H,25,27)/b22-10-. The van der Waals surface area contributed by atoms with Crippen molar-refractivity contribution in [2.45, 2.75) is 6.54 Å². The Kier molecular flexibility index (Phi) is 5.39. The summed E-state index contributed by atoms with van der Waals surface area (Å²) in [4.78, 5) is 16.4. The number of nitrogens with zero attached hydrogens (tertiary/aromatic N) is 4. The molecule has 0 bridgehead atoms. The molecule has 0 aliphatic heterocycles. The molecule has 0 unspecified atom stereocenters. The van der Waals surface area contributed by atoms with Crippen LogP contribution in [0.15, 0.2) is 72.1 Å². The van der Waals surface area contributed by atoms with Crippen LogP contribution in [0.25, 0.3) is 10.2 Å². The molecular formula is C20H18N6OS. The SMILES string of the molecule is O=C(CNc1nc2ccccc2s1)N/N=C\c1cnn(Cc2ccccc2)c1. The molecule has 0 fully saturated rings. The van der Waals surface area contributed by atoms with Crippen LogP contribution < -0.4 is 10.7 Å². The Labute approximate surface area is 165 Å². The lowest BCUT2D eigenvalue weighted by Crippen LogP contribution is -2.25. The number of hydrogen-bond donors (Lipinski definition) is 2. The van der Waals surface area contributed by atoms with Crippen LogP contribution in [0.1, 0.15) is 11.1 Å². The van der Waals surface area contributed by atoms with Crippen molar-refractivity contribution >= 4 is 38.8 Å². The van der Waals surface area contributed by atoms with Crippen LogP contribution in [0.3, 0.4) is 0 Å². The lowest BCUT2D eigenvalue weighted by Gasteiger charge is -2.00. The fourth-order valence-electron chi connectivity index (χ4n) is 2.63. The van der Waals surface area contributed by atoms with Gasteiger partial charge in [-0.25, -0.2) is 10.4 Å². The van der Waals surface area contributed by atoms with Crippen molar-refractivity contribution in [3.05, 3.63) is 78.1 Å². The summed E-state index contributed by atoms with van der Waals surface area (Å²) in [6.45, 7) is 0.789. The number of hydrogen-bond acceptors (Lipinski definition) is 6. The maximum atomic E-state index is 11.9. The highest BCUT2D eigenvalue weighted by atomic mass is 32.1. The third kappa shape index (κ3) is 4.60. The first-order valence-corrected chi connectivity index (χ1v) is 9.56. The van der Waals surface area contributed by atoms with Gasteiger partial charge < -0.3 is 5.32 Å². The maximum Gasteiger partial charge on any atom is 0.259 e. The predicted molar refractivity (Wildman–Crippen MR) is 112 cm³/mol. The molecule has 140 valence electrons. The molecule has 0 saturated carbocycles. The lowest BCUT2D eigenvalue weighted by molar-refractivity contribution is -0.119. The van der Waals surface area contributed by atoms with E-state index in [1.165, 1.54) is 16.9 Å². The molecular weight excluding hydrogens is 372 g/mol. The van der Waals surface area contributed by atoms with Crippen molar-refractivity contribution in [3.8, 4) is 0 Å². The summed E-state index contributed by atoms with van der Waals surface area (Å²) in [5.41, 5.74) is 5.40. The second kappa shape index (κ2) is 8.45. The summed E-state index contributed by atoms with van der Waals surface area (Å²) < 4.78 is 2.91. The zero-order valence-corrected chi connectivity index (χ0v) is 15.8. The molecule has 0 radical (unpaired) electrons. The summed E-state index contributed by atoms with van der Waals surface area (Å²) in [6, 6.07) is 17.9. The lowest BCUT2D eigenvalue weighted by atomic mass is 10.2. The van der Waals surface area contributed by atoms with Gasteiger partial charge in [0.2, 0.25) is 0 Å². The molecule has 2 aromatic carbocycles. The Bertz CT molecular complexity index is 1070. The average Bonchev–Trinajstić information content (AvgIpc) is 3.33. The molecule has 7 nitrogen and oxygen atoms in total. The first-order valence-electron chi connectivity index (χ1n) is 8.74. The first kappa shape index (κ1) is 17.9. The molecule has 2 N–H and O–H groups in total. The molecule has 4 aromatic rings. The van der Waals surface area contributed by atoms with Crippen LogP contribution in [0.2, 0.25) is 0 Å². The zero-order chi connectivity index (χ0) is 19.2. The minimum absolute atomic E-state index is 0.102. The van der Waals surface area contributed by atoms with E-state index >= 15 is 0 Å². The topological polar surface area (TPSA) is 84.2 Å². The van der Waals surface area contributed by atoms with Crippen LogP contribution >= 0.6 is 11.3 Å². The molecule has 1 amide bonds. The Hall–Kier alpha value is -3.52. The number of benzene rings is 2. The van der Waals surface area contributed by atoms with E-state index in [4.69, 9.17) is 0 Å². The van der Waals surface area contributed by atoms with E-state index in [1.807, 2.05) is 65.5 Å². The quantitative estimate of drug-likeness (QED) is 0.375. The molecule has 0 atom stereocenters. The molecule has 0 aliphatic rings. The number of carbonyl (C=O) groups excluding carboxylic acids is 1. The number of nitrogens with one attached hydrogen (secondary N) is 2. The molecule has 0 spiro atoms. The number of thiazole rings is 1. The highest BCUT2D eigenvalue weighted by Crippen LogP contribution is 2.24. The molecule has 0 saturated heterocycles. The smallest absolute Gasteiger partial charge is 0.259 e. The highest BCUT2D eigenvalue weighted by Gasteiger charge is 2.05. The van der Waals surface area contributed by atoms with Crippen LogP contribution in [0, 0.1) is 0 Å². The van der Waals surface area contributed by atoms with Crippen molar-refractivity contribution in [1.29, 1.82) is 0 Å². The predicted octanol–water partition coefficient (Wildman–Crippen LogP) is 3.10. The molecule has 8 heteroatoms. The molecule has 2 heterocycles. The van der Waals surface area contributed by atoms with Gasteiger partial charge in [0.05, 0.1) is 35.7 Å². The largest absolute Gasteiger partial charge is 0.352 e. The number of carbonyl (C=O) groups is 1. The van der Waals surface area contributed by atoms with Crippen LogP contribution in [0.4, 0.5) is 5.13 Å². The van der Waals surface area contributed by atoms with Crippen LogP contribution in [-0.4, -0.2) is 33.4 Å².